The van der Waals surface area contributed by atoms with E-state index in [1.807, 2.05) is 17.0 Å². The number of benzene rings is 1. The van der Waals surface area contributed by atoms with Crippen LogP contribution in [0.3, 0.4) is 0 Å². The first kappa shape index (κ1) is 17.4. The van der Waals surface area contributed by atoms with Crippen molar-refractivity contribution in [3.05, 3.63) is 59.4 Å². The summed E-state index contributed by atoms with van der Waals surface area (Å²) in [6.45, 7) is 2.79. The molecule has 3 rings (SSSR count). The van der Waals surface area contributed by atoms with Crippen LogP contribution in [-0.4, -0.2) is 59.3 Å². The lowest BCUT2D eigenvalue weighted by Gasteiger charge is -2.34. The Morgan fingerprint density at radius 1 is 1.04 bits per heavy atom. The minimum atomic E-state index is -0.109. The summed E-state index contributed by atoms with van der Waals surface area (Å²) in [5, 5.41) is 3.33. The van der Waals surface area contributed by atoms with Gasteiger partial charge in [-0.2, -0.15) is 0 Å². The lowest BCUT2D eigenvalue weighted by Crippen LogP contribution is -2.50. The fourth-order valence-electron chi connectivity index (χ4n) is 2.74. The molecular weight excluding hydrogens is 340 g/mol. The molecule has 0 radical (unpaired) electrons. The summed E-state index contributed by atoms with van der Waals surface area (Å²) in [7, 11) is 0. The van der Waals surface area contributed by atoms with Gasteiger partial charge in [0.15, 0.2) is 0 Å². The van der Waals surface area contributed by atoms with Crippen molar-refractivity contribution in [2.45, 2.75) is 0 Å². The van der Waals surface area contributed by atoms with E-state index in [2.05, 4.69) is 10.3 Å². The van der Waals surface area contributed by atoms with E-state index < -0.39 is 0 Å². The molecule has 2 amide bonds. The highest BCUT2D eigenvalue weighted by molar-refractivity contribution is 6.33. The molecule has 130 valence electrons. The van der Waals surface area contributed by atoms with Crippen LogP contribution in [0.5, 0.6) is 0 Å². The van der Waals surface area contributed by atoms with Gasteiger partial charge in [0.1, 0.15) is 0 Å². The fraction of sp³-hybridized carbons (Fsp3) is 0.278. The SMILES string of the molecule is O=C(CN1CCN(C(=O)c2ccncc2)CC1)Nc1ccccc1Cl. The monoisotopic (exact) mass is 358 g/mol. The standard InChI is InChI=1S/C18H19ClN4O2/c19-15-3-1-2-4-16(15)21-17(24)13-22-9-11-23(12-10-22)18(25)14-5-7-20-8-6-14/h1-8H,9-13H2,(H,21,24). The van der Waals surface area contributed by atoms with E-state index in [0.29, 0.717) is 42.5 Å². The van der Waals surface area contributed by atoms with Crippen molar-refractivity contribution < 1.29 is 9.59 Å². The number of rotatable bonds is 4. The van der Waals surface area contributed by atoms with Crippen molar-refractivity contribution in [2.24, 2.45) is 0 Å². The third kappa shape index (κ3) is 4.55. The average molecular weight is 359 g/mol. The largest absolute Gasteiger partial charge is 0.336 e. The smallest absolute Gasteiger partial charge is 0.254 e. The number of para-hydroxylation sites is 1. The number of piperazine rings is 1. The van der Waals surface area contributed by atoms with Crippen molar-refractivity contribution in [1.82, 2.24) is 14.8 Å². The van der Waals surface area contributed by atoms with E-state index in [-0.39, 0.29) is 18.4 Å². The number of nitrogens with one attached hydrogen (secondary N) is 1. The van der Waals surface area contributed by atoms with Gasteiger partial charge in [-0.1, -0.05) is 23.7 Å². The number of aromatic nitrogens is 1. The quantitative estimate of drug-likeness (QED) is 0.909. The zero-order valence-electron chi connectivity index (χ0n) is 13.7. The van der Waals surface area contributed by atoms with E-state index in [0.717, 1.165) is 0 Å². The molecule has 0 saturated carbocycles. The summed E-state index contributed by atoms with van der Waals surface area (Å²) in [6, 6.07) is 10.6. The Kier molecular flexibility index (Phi) is 5.63. The number of hydrogen-bond acceptors (Lipinski definition) is 4. The number of carbonyl (C=O) groups excluding carboxylic acids is 2. The number of amides is 2. The molecule has 0 bridgehead atoms. The Morgan fingerprint density at radius 3 is 2.40 bits per heavy atom. The molecule has 0 spiro atoms. The van der Waals surface area contributed by atoms with Crippen molar-refractivity contribution in [1.29, 1.82) is 0 Å². The Labute approximate surface area is 151 Å². The van der Waals surface area contributed by atoms with Crippen LogP contribution in [0.1, 0.15) is 10.4 Å². The number of hydrogen-bond donors (Lipinski definition) is 1. The van der Waals surface area contributed by atoms with Gasteiger partial charge in [0.2, 0.25) is 5.91 Å². The van der Waals surface area contributed by atoms with E-state index in [1.54, 1.807) is 41.6 Å². The molecule has 0 aliphatic carbocycles. The predicted octanol–water partition coefficient (Wildman–Crippen LogP) is 2.13. The van der Waals surface area contributed by atoms with E-state index in [9.17, 15) is 9.59 Å². The van der Waals surface area contributed by atoms with Gasteiger partial charge >= 0.3 is 0 Å². The highest BCUT2D eigenvalue weighted by Gasteiger charge is 2.23. The van der Waals surface area contributed by atoms with E-state index >= 15 is 0 Å². The first-order valence-electron chi connectivity index (χ1n) is 8.09. The predicted molar refractivity (Wildman–Crippen MR) is 96.7 cm³/mol. The highest BCUT2D eigenvalue weighted by Crippen LogP contribution is 2.20. The zero-order valence-corrected chi connectivity index (χ0v) is 14.4. The summed E-state index contributed by atoms with van der Waals surface area (Å²) in [5.41, 5.74) is 1.25. The third-order valence-electron chi connectivity index (χ3n) is 4.10. The van der Waals surface area contributed by atoms with Crippen LogP contribution >= 0.6 is 11.6 Å². The van der Waals surface area contributed by atoms with Crippen LogP contribution in [0, 0.1) is 0 Å². The lowest BCUT2D eigenvalue weighted by molar-refractivity contribution is -0.117. The minimum absolute atomic E-state index is 0.00238. The van der Waals surface area contributed by atoms with Gasteiger partial charge in [-0.25, -0.2) is 0 Å². The Balaban J connectivity index is 1.48. The van der Waals surface area contributed by atoms with E-state index in [4.69, 9.17) is 11.6 Å². The van der Waals surface area contributed by atoms with Gasteiger partial charge in [-0.15, -0.1) is 0 Å². The van der Waals surface area contributed by atoms with E-state index in [1.165, 1.54) is 0 Å². The normalized spacial score (nSPS) is 15.0. The Hall–Kier alpha value is -2.44. The summed E-state index contributed by atoms with van der Waals surface area (Å²) < 4.78 is 0. The molecule has 1 aliphatic rings. The molecule has 25 heavy (non-hydrogen) atoms. The second-order valence-corrected chi connectivity index (χ2v) is 6.24. The number of pyridine rings is 1. The maximum absolute atomic E-state index is 12.4. The Bertz CT molecular complexity index is 746. The van der Waals surface area contributed by atoms with Crippen molar-refractivity contribution in [3.63, 3.8) is 0 Å². The number of nitrogens with zero attached hydrogens (tertiary/aromatic N) is 3. The van der Waals surface area contributed by atoms with Crippen LogP contribution in [0.15, 0.2) is 48.8 Å². The van der Waals surface area contributed by atoms with Crippen molar-refractivity contribution >= 4 is 29.1 Å². The number of anilines is 1. The Morgan fingerprint density at radius 2 is 1.72 bits per heavy atom. The summed E-state index contributed by atoms with van der Waals surface area (Å²) >= 11 is 6.05. The topological polar surface area (TPSA) is 65.5 Å². The molecular formula is C18H19ClN4O2. The fourth-order valence-corrected chi connectivity index (χ4v) is 2.92. The molecule has 2 aromatic rings. The molecule has 1 N–H and O–H groups in total. The van der Waals surface area contributed by atoms with Gasteiger partial charge < -0.3 is 10.2 Å². The second kappa shape index (κ2) is 8.09. The van der Waals surface area contributed by atoms with Gasteiger partial charge in [0.25, 0.3) is 5.91 Å². The summed E-state index contributed by atoms with van der Waals surface area (Å²) in [4.78, 5) is 32.3. The molecule has 1 aromatic heterocycles. The number of carbonyl (C=O) groups is 2. The second-order valence-electron chi connectivity index (χ2n) is 5.83. The number of halogens is 1. The van der Waals surface area contributed by atoms with Crippen LogP contribution in [0.25, 0.3) is 0 Å². The van der Waals surface area contributed by atoms with Crippen LogP contribution in [-0.2, 0) is 4.79 Å². The van der Waals surface area contributed by atoms with Crippen LogP contribution in [0.4, 0.5) is 5.69 Å². The average Bonchev–Trinajstić information content (AvgIpc) is 2.64. The molecule has 6 nitrogen and oxygen atoms in total. The van der Waals surface area contributed by atoms with Gasteiger partial charge in [-0.05, 0) is 24.3 Å². The van der Waals surface area contributed by atoms with Crippen LogP contribution in [0.2, 0.25) is 5.02 Å². The maximum Gasteiger partial charge on any atom is 0.254 e. The summed E-state index contributed by atoms with van der Waals surface area (Å²) in [6.07, 6.45) is 3.23. The molecule has 1 aromatic carbocycles. The zero-order chi connectivity index (χ0) is 17.6. The van der Waals surface area contributed by atoms with Gasteiger partial charge in [-0.3, -0.25) is 19.5 Å². The van der Waals surface area contributed by atoms with Gasteiger partial charge in [0.05, 0.1) is 17.3 Å². The lowest BCUT2D eigenvalue weighted by atomic mass is 10.2. The molecule has 7 heteroatoms. The highest BCUT2D eigenvalue weighted by atomic mass is 35.5. The first-order chi connectivity index (χ1) is 12.1. The molecule has 1 aliphatic heterocycles. The van der Waals surface area contributed by atoms with Crippen molar-refractivity contribution in [3.8, 4) is 0 Å². The molecule has 0 atom stereocenters. The summed E-state index contributed by atoms with van der Waals surface area (Å²) in [5.74, 6) is -0.107. The maximum atomic E-state index is 12.4. The minimum Gasteiger partial charge on any atom is -0.336 e. The molecule has 2 heterocycles. The molecule has 1 fully saturated rings. The van der Waals surface area contributed by atoms with Crippen molar-refractivity contribution in [2.75, 3.05) is 38.0 Å². The molecule has 0 unspecified atom stereocenters. The molecule has 1 saturated heterocycles. The van der Waals surface area contributed by atoms with Crippen LogP contribution < -0.4 is 5.32 Å². The van der Waals surface area contributed by atoms with Gasteiger partial charge in [0, 0.05) is 44.1 Å². The first-order valence-corrected chi connectivity index (χ1v) is 8.47. The third-order valence-corrected chi connectivity index (χ3v) is 4.43.